The largest absolute Gasteiger partial charge is 0.341 e. The Bertz CT molecular complexity index is 919. The molecule has 1 unspecified atom stereocenters. The van der Waals surface area contributed by atoms with Crippen LogP contribution in [0.5, 0.6) is 0 Å². The van der Waals surface area contributed by atoms with E-state index < -0.39 is 0 Å². The van der Waals surface area contributed by atoms with Crippen molar-refractivity contribution >= 4 is 17.7 Å². The van der Waals surface area contributed by atoms with Gasteiger partial charge >= 0.3 is 0 Å². The number of hydrogen-bond donors (Lipinski definition) is 0. The molecule has 1 fully saturated rings. The number of benzene rings is 2. The molecule has 0 saturated carbocycles. The van der Waals surface area contributed by atoms with Crippen LogP contribution in [0.15, 0.2) is 59.8 Å². The topological polar surface area (TPSA) is 63.9 Å². The van der Waals surface area contributed by atoms with Crippen LogP contribution in [0.25, 0.3) is 5.69 Å². The van der Waals surface area contributed by atoms with Gasteiger partial charge in [-0.1, -0.05) is 59.8 Å². The molecule has 3 aromatic rings. The van der Waals surface area contributed by atoms with Crippen molar-refractivity contribution in [2.24, 2.45) is 0 Å². The summed E-state index contributed by atoms with van der Waals surface area (Å²) in [5.74, 6) is 0.134. The highest BCUT2D eigenvalue weighted by Gasteiger charge is 2.30. The van der Waals surface area contributed by atoms with Crippen LogP contribution in [-0.2, 0) is 4.79 Å². The molecule has 2 heterocycles. The smallest absolute Gasteiger partial charge is 0.240 e. The first-order chi connectivity index (χ1) is 13.7. The fourth-order valence-corrected chi connectivity index (χ4v) is 4.45. The zero-order valence-electron chi connectivity index (χ0n) is 15.9. The predicted octanol–water partition coefficient (Wildman–Crippen LogP) is 3.82. The number of likely N-dealkylation sites (tertiary alicyclic amines) is 1. The fourth-order valence-electron chi connectivity index (χ4n) is 3.37. The van der Waals surface area contributed by atoms with Crippen LogP contribution in [-0.4, -0.2) is 44.1 Å². The molecule has 1 saturated heterocycles. The normalized spacial score (nSPS) is 15.4. The average Bonchev–Trinajstić information content (AvgIpc) is 3.21. The van der Waals surface area contributed by atoms with Gasteiger partial charge in [0.25, 0.3) is 0 Å². The molecule has 1 aromatic heterocycles. The number of carbonyl (C=O) groups is 1. The second kappa shape index (κ2) is 8.56. The summed E-state index contributed by atoms with van der Waals surface area (Å²) in [5, 5.41) is 12.5. The number of nitrogens with zero attached hydrogens (tertiary/aromatic N) is 5. The summed E-state index contributed by atoms with van der Waals surface area (Å²) in [6.07, 6.45) is 3.33. The molecular formula is C21H23N5OS. The summed E-state index contributed by atoms with van der Waals surface area (Å²) >= 11 is 1.41. The lowest BCUT2D eigenvalue weighted by Crippen LogP contribution is -2.38. The summed E-state index contributed by atoms with van der Waals surface area (Å²) < 4.78 is 1.70. The molecule has 0 N–H and O–H groups in total. The quantitative estimate of drug-likeness (QED) is 0.617. The maximum Gasteiger partial charge on any atom is 0.240 e. The lowest BCUT2D eigenvalue weighted by Gasteiger charge is -2.30. The molecule has 2 aromatic carbocycles. The van der Waals surface area contributed by atoms with Crippen LogP contribution >= 0.6 is 11.8 Å². The van der Waals surface area contributed by atoms with E-state index >= 15 is 0 Å². The highest BCUT2D eigenvalue weighted by atomic mass is 32.2. The maximum atomic E-state index is 13.3. The van der Waals surface area contributed by atoms with Gasteiger partial charge in [0, 0.05) is 13.1 Å². The van der Waals surface area contributed by atoms with Crippen LogP contribution < -0.4 is 0 Å². The van der Waals surface area contributed by atoms with Crippen molar-refractivity contribution in [3.8, 4) is 5.69 Å². The summed E-state index contributed by atoms with van der Waals surface area (Å²) in [6.45, 7) is 3.69. The van der Waals surface area contributed by atoms with Crippen molar-refractivity contribution in [1.82, 2.24) is 25.1 Å². The van der Waals surface area contributed by atoms with Crippen molar-refractivity contribution in [1.29, 1.82) is 0 Å². The second-order valence-electron chi connectivity index (χ2n) is 7.00. The molecule has 0 aliphatic carbocycles. The van der Waals surface area contributed by atoms with Gasteiger partial charge in [-0.2, -0.15) is 4.68 Å². The lowest BCUT2D eigenvalue weighted by molar-refractivity contribution is -0.131. The Balaban J connectivity index is 1.64. The van der Waals surface area contributed by atoms with Crippen LogP contribution in [0.4, 0.5) is 0 Å². The number of rotatable bonds is 5. The fraction of sp³-hybridized carbons (Fsp3) is 0.333. The van der Waals surface area contributed by atoms with E-state index in [1.165, 1.54) is 23.7 Å². The van der Waals surface area contributed by atoms with Crippen LogP contribution in [0.1, 0.15) is 35.6 Å². The third kappa shape index (κ3) is 4.09. The number of aromatic nitrogens is 4. The number of hydrogen-bond acceptors (Lipinski definition) is 5. The van der Waals surface area contributed by atoms with Gasteiger partial charge in [0.2, 0.25) is 11.1 Å². The summed E-state index contributed by atoms with van der Waals surface area (Å²) in [5.41, 5.74) is 3.03. The Morgan fingerprint density at radius 2 is 1.71 bits per heavy atom. The number of amides is 1. The van der Waals surface area contributed by atoms with Gasteiger partial charge in [-0.25, -0.2) is 0 Å². The third-order valence-corrected chi connectivity index (χ3v) is 6.11. The number of tetrazole rings is 1. The second-order valence-corrected chi connectivity index (χ2v) is 8.08. The summed E-state index contributed by atoms with van der Waals surface area (Å²) in [7, 11) is 0. The van der Waals surface area contributed by atoms with Crippen molar-refractivity contribution in [2.45, 2.75) is 36.6 Å². The number of piperidine rings is 1. The molecule has 1 aliphatic heterocycles. The van der Waals surface area contributed by atoms with Gasteiger partial charge in [-0.3, -0.25) is 4.79 Å². The highest BCUT2D eigenvalue weighted by Crippen LogP contribution is 2.36. The summed E-state index contributed by atoms with van der Waals surface area (Å²) in [4.78, 5) is 15.3. The van der Waals surface area contributed by atoms with Crippen molar-refractivity contribution < 1.29 is 4.79 Å². The van der Waals surface area contributed by atoms with E-state index in [2.05, 4.69) is 15.5 Å². The summed E-state index contributed by atoms with van der Waals surface area (Å²) in [6, 6.07) is 17.9. The zero-order chi connectivity index (χ0) is 19.3. The molecule has 0 spiro atoms. The molecule has 1 amide bonds. The van der Waals surface area contributed by atoms with E-state index in [-0.39, 0.29) is 11.2 Å². The molecule has 28 heavy (non-hydrogen) atoms. The molecule has 0 radical (unpaired) electrons. The molecule has 7 heteroatoms. The van der Waals surface area contributed by atoms with Gasteiger partial charge in [-0.15, -0.1) is 5.10 Å². The standard InChI is InChI=1S/C21H23N5OS/c1-16-10-12-18(13-11-16)26-21(22-23-24-26)28-19(17-8-4-2-5-9-17)20(27)25-14-6-3-7-15-25/h2,4-5,8-13,19H,3,6-7,14-15H2,1H3. The van der Waals surface area contributed by atoms with Crippen LogP contribution in [0.3, 0.4) is 0 Å². The first-order valence-electron chi connectivity index (χ1n) is 9.58. The van der Waals surface area contributed by atoms with Gasteiger partial charge < -0.3 is 4.90 Å². The van der Waals surface area contributed by atoms with E-state index in [9.17, 15) is 4.79 Å². The number of aryl methyl sites for hydroxylation is 1. The Labute approximate surface area is 168 Å². The minimum absolute atomic E-state index is 0.134. The van der Waals surface area contributed by atoms with Crippen LogP contribution in [0, 0.1) is 6.92 Å². The minimum atomic E-state index is -0.366. The zero-order valence-corrected chi connectivity index (χ0v) is 16.7. The molecular weight excluding hydrogens is 370 g/mol. The molecule has 1 aliphatic rings. The Kier molecular flexibility index (Phi) is 5.71. The van der Waals surface area contributed by atoms with Crippen molar-refractivity contribution in [2.75, 3.05) is 13.1 Å². The highest BCUT2D eigenvalue weighted by molar-refractivity contribution is 8.00. The molecule has 4 rings (SSSR count). The Morgan fingerprint density at radius 1 is 1.00 bits per heavy atom. The van der Waals surface area contributed by atoms with E-state index in [1.54, 1.807) is 4.68 Å². The third-order valence-electron chi connectivity index (χ3n) is 4.94. The van der Waals surface area contributed by atoms with Gasteiger partial charge in [0.05, 0.1) is 5.69 Å². The predicted molar refractivity (Wildman–Crippen MR) is 109 cm³/mol. The van der Waals surface area contributed by atoms with Gasteiger partial charge in [-0.05, 0) is 54.3 Å². The van der Waals surface area contributed by atoms with E-state index in [0.29, 0.717) is 5.16 Å². The van der Waals surface area contributed by atoms with Crippen molar-refractivity contribution in [3.63, 3.8) is 0 Å². The molecule has 6 nitrogen and oxygen atoms in total. The SMILES string of the molecule is Cc1ccc(-n2nnnc2SC(C(=O)N2CCCCC2)c2ccccc2)cc1. The van der Waals surface area contributed by atoms with Crippen LogP contribution in [0.2, 0.25) is 0 Å². The minimum Gasteiger partial charge on any atom is -0.341 e. The van der Waals surface area contributed by atoms with Crippen molar-refractivity contribution in [3.05, 3.63) is 65.7 Å². The average molecular weight is 394 g/mol. The van der Waals surface area contributed by atoms with Gasteiger partial charge in [0.15, 0.2) is 0 Å². The molecule has 0 bridgehead atoms. The monoisotopic (exact) mass is 393 g/mol. The first kappa shape index (κ1) is 18.7. The molecule has 144 valence electrons. The Morgan fingerprint density at radius 3 is 2.43 bits per heavy atom. The Hall–Kier alpha value is -2.67. The van der Waals surface area contributed by atoms with E-state index in [4.69, 9.17) is 0 Å². The first-order valence-corrected chi connectivity index (χ1v) is 10.5. The van der Waals surface area contributed by atoms with E-state index in [0.717, 1.165) is 37.2 Å². The van der Waals surface area contributed by atoms with E-state index in [1.807, 2.05) is 66.4 Å². The molecule has 1 atom stereocenters. The number of thioether (sulfide) groups is 1. The lowest BCUT2D eigenvalue weighted by atomic mass is 10.1. The van der Waals surface area contributed by atoms with Gasteiger partial charge in [0.1, 0.15) is 5.25 Å². The number of carbonyl (C=O) groups excluding carboxylic acids is 1. The maximum absolute atomic E-state index is 13.3.